The summed E-state index contributed by atoms with van der Waals surface area (Å²) in [6.45, 7) is 6.69. The van der Waals surface area contributed by atoms with Gasteiger partial charge in [0.1, 0.15) is 19.0 Å². The van der Waals surface area contributed by atoms with E-state index in [1.165, 1.54) is 12.1 Å². The topological polar surface area (TPSA) is 72.7 Å². The first-order chi connectivity index (χ1) is 16.5. The van der Waals surface area contributed by atoms with E-state index in [4.69, 9.17) is 9.47 Å². The smallest absolute Gasteiger partial charge is 0.251 e. The van der Waals surface area contributed by atoms with E-state index in [-0.39, 0.29) is 11.4 Å². The van der Waals surface area contributed by atoms with Gasteiger partial charge in [-0.2, -0.15) is 0 Å². The first kappa shape index (κ1) is 22.8. The fourth-order valence-corrected chi connectivity index (χ4v) is 4.80. The van der Waals surface area contributed by atoms with E-state index in [2.05, 4.69) is 27.7 Å². The highest BCUT2D eigenvalue weighted by Gasteiger charge is 2.23. The average molecular weight is 465 g/mol. The van der Waals surface area contributed by atoms with Gasteiger partial charge in [0, 0.05) is 43.9 Å². The molecule has 2 aliphatic rings. The number of ether oxygens (including phenoxy) is 2. The predicted octanol–water partition coefficient (Wildman–Crippen LogP) is 1.52. The molecule has 0 saturated carbocycles. The molecule has 34 heavy (non-hydrogen) atoms. The van der Waals surface area contributed by atoms with Gasteiger partial charge < -0.3 is 23.8 Å². The van der Waals surface area contributed by atoms with Crippen LogP contribution in [0.25, 0.3) is 11.0 Å². The second kappa shape index (κ2) is 9.72. The molecule has 0 N–H and O–H groups in total. The maximum Gasteiger partial charge on any atom is 0.251 e. The molecule has 3 aromatic heterocycles. The van der Waals surface area contributed by atoms with Crippen LogP contribution in [0.2, 0.25) is 0 Å². The zero-order valence-corrected chi connectivity index (χ0v) is 19.7. The van der Waals surface area contributed by atoms with Crippen molar-refractivity contribution < 1.29 is 13.9 Å². The molecule has 5 rings (SSSR count). The van der Waals surface area contributed by atoms with Crippen molar-refractivity contribution in [2.45, 2.75) is 38.9 Å². The van der Waals surface area contributed by atoms with E-state index in [9.17, 15) is 9.18 Å². The maximum atomic E-state index is 14.1. The number of nitrogens with zero attached hydrogens (tertiary/aromatic N) is 5. The summed E-state index contributed by atoms with van der Waals surface area (Å²) in [5.41, 5.74) is 2.39. The molecule has 0 radical (unpaired) electrons. The lowest BCUT2D eigenvalue weighted by atomic mass is 9.99. The van der Waals surface area contributed by atoms with Crippen molar-refractivity contribution in [2.75, 3.05) is 32.8 Å². The summed E-state index contributed by atoms with van der Waals surface area (Å²) in [4.78, 5) is 26.0. The first-order valence-electron chi connectivity index (χ1n) is 11.8. The number of hydrogen-bond donors (Lipinski definition) is 0. The zero-order valence-electron chi connectivity index (χ0n) is 19.7. The lowest BCUT2D eigenvalue weighted by Crippen LogP contribution is -2.44. The Bertz CT molecular complexity index is 1250. The minimum absolute atomic E-state index is 0.126. The number of likely N-dealkylation sites (tertiary alicyclic amines) is 1. The van der Waals surface area contributed by atoms with Crippen LogP contribution < -0.4 is 15.0 Å². The standard InChI is InChI=1S/C24H29BFN5O3/c1-16-19(26)13-21-20(28-16)2-3-24(32)30(21)9-8-29-6-4-18(5-7-29)31(25)15-17-12-22-23(14-27-17)34-11-10-33-22/h2-3,12-14,18H,4-11,15,25H2,1H3. The lowest BCUT2D eigenvalue weighted by molar-refractivity contribution is 0.153. The molecule has 0 aromatic carbocycles. The Morgan fingerprint density at radius 2 is 1.91 bits per heavy atom. The van der Waals surface area contributed by atoms with Crippen molar-refractivity contribution in [2.24, 2.45) is 0 Å². The van der Waals surface area contributed by atoms with E-state index in [1.807, 2.05) is 6.07 Å². The molecule has 10 heteroatoms. The number of aryl methyl sites for hydroxylation is 1. The minimum Gasteiger partial charge on any atom is -0.486 e. The van der Waals surface area contributed by atoms with Crippen molar-refractivity contribution in [1.29, 1.82) is 0 Å². The fraction of sp³-hybridized carbons (Fsp3) is 0.458. The highest BCUT2D eigenvalue weighted by Crippen LogP contribution is 2.30. The summed E-state index contributed by atoms with van der Waals surface area (Å²) in [5.74, 6) is 1.10. The van der Waals surface area contributed by atoms with Crippen LogP contribution in [0.1, 0.15) is 24.2 Å². The van der Waals surface area contributed by atoms with Gasteiger partial charge >= 0.3 is 0 Å². The van der Waals surface area contributed by atoms with Crippen LogP contribution in [0.5, 0.6) is 11.5 Å². The Labute approximate surface area is 198 Å². The van der Waals surface area contributed by atoms with Gasteiger partial charge in [0.05, 0.1) is 28.6 Å². The van der Waals surface area contributed by atoms with Crippen molar-refractivity contribution >= 4 is 19.0 Å². The van der Waals surface area contributed by atoms with E-state index in [0.29, 0.717) is 48.3 Å². The van der Waals surface area contributed by atoms with Crippen LogP contribution in [0.4, 0.5) is 4.39 Å². The van der Waals surface area contributed by atoms with Gasteiger partial charge in [-0.1, -0.05) is 0 Å². The Morgan fingerprint density at radius 1 is 1.15 bits per heavy atom. The Morgan fingerprint density at radius 3 is 2.71 bits per heavy atom. The van der Waals surface area contributed by atoms with Gasteiger partial charge in [-0.15, -0.1) is 0 Å². The minimum atomic E-state index is -0.386. The van der Waals surface area contributed by atoms with Gasteiger partial charge in [-0.25, -0.2) is 9.37 Å². The summed E-state index contributed by atoms with van der Waals surface area (Å²) in [6, 6.07) is 7.04. The summed E-state index contributed by atoms with van der Waals surface area (Å²) in [5, 5.41) is 0. The molecule has 1 fully saturated rings. The molecule has 0 bridgehead atoms. The van der Waals surface area contributed by atoms with Crippen molar-refractivity contribution in [1.82, 2.24) is 24.2 Å². The molecule has 3 aromatic rings. The molecule has 0 spiro atoms. The van der Waals surface area contributed by atoms with Crippen LogP contribution in [-0.2, 0) is 13.1 Å². The van der Waals surface area contributed by atoms with Gasteiger partial charge in [0.25, 0.3) is 5.56 Å². The normalized spacial score (nSPS) is 16.9. The third-order valence-electron chi connectivity index (χ3n) is 6.82. The fourth-order valence-electron chi connectivity index (χ4n) is 4.80. The number of pyridine rings is 3. The molecule has 0 amide bonds. The van der Waals surface area contributed by atoms with Gasteiger partial charge in [-0.05, 0) is 38.9 Å². The van der Waals surface area contributed by atoms with Gasteiger partial charge in [-0.3, -0.25) is 9.78 Å². The Hall–Kier alpha value is -2.98. The maximum absolute atomic E-state index is 14.1. The molecule has 178 valence electrons. The zero-order chi connectivity index (χ0) is 23.7. The number of rotatable bonds is 6. The summed E-state index contributed by atoms with van der Waals surface area (Å²) < 4.78 is 27.0. The van der Waals surface area contributed by atoms with Crippen LogP contribution >= 0.6 is 0 Å². The molecular formula is C24H29BFN5O3. The van der Waals surface area contributed by atoms with E-state index < -0.39 is 0 Å². The lowest BCUT2D eigenvalue weighted by Gasteiger charge is -2.37. The second-order valence-corrected chi connectivity index (χ2v) is 9.09. The number of fused-ring (bicyclic) bond motifs is 2. The number of halogens is 1. The average Bonchev–Trinajstić information content (AvgIpc) is 2.85. The molecule has 5 heterocycles. The van der Waals surface area contributed by atoms with E-state index in [0.717, 1.165) is 50.5 Å². The molecule has 0 aliphatic carbocycles. The summed E-state index contributed by atoms with van der Waals surface area (Å²) in [7, 11) is 2.14. The molecule has 0 unspecified atom stereocenters. The largest absolute Gasteiger partial charge is 0.486 e. The van der Waals surface area contributed by atoms with Gasteiger partial charge in [0.15, 0.2) is 19.5 Å². The summed E-state index contributed by atoms with van der Waals surface area (Å²) >= 11 is 0. The van der Waals surface area contributed by atoms with Crippen molar-refractivity contribution in [3.05, 3.63) is 58.0 Å². The Kier molecular flexibility index (Phi) is 6.51. The first-order valence-corrected chi connectivity index (χ1v) is 11.8. The molecule has 8 nitrogen and oxygen atoms in total. The Balaban J connectivity index is 1.17. The molecule has 2 aliphatic heterocycles. The molecular weight excluding hydrogens is 436 g/mol. The highest BCUT2D eigenvalue weighted by molar-refractivity contribution is 6.04. The number of hydrogen-bond acceptors (Lipinski definition) is 7. The van der Waals surface area contributed by atoms with Crippen LogP contribution in [0.15, 0.2) is 35.3 Å². The molecule has 1 saturated heterocycles. The quantitative estimate of drug-likeness (QED) is 0.512. The third kappa shape index (κ3) is 4.78. The monoisotopic (exact) mass is 465 g/mol. The number of aromatic nitrogens is 3. The van der Waals surface area contributed by atoms with Crippen LogP contribution in [0, 0.1) is 12.7 Å². The second-order valence-electron chi connectivity index (χ2n) is 9.09. The predicted molar refractivity (Wildman–Crippen MR) is 129 cm³/mol. The van der Waals surface area contributed by atoms with Crippen LogP contribution in [0.3, 0.4) is 0 Å². The SMILES string of the molecule is BN(Cc1cc2c(cn1)OCCO2)C1CCN(CCn2c(=O)ccc3nc(C)c(F)cc32)CC1. The van der Waals surface area contributed by atoms with E-state index >= 15 is 0 Å². The third-order valence-corrected chi connectivity index (χ3v) is 6.82. The summed E-state index contributed by atoms with van der Waals surface area (Å²) in [6.07, 6.45) is 3.83. The van der Waals surface area contributed by atoms with Gasteiger partial charge in [0.2, 0.25) is 0 Å². The molecule has 0 atom stereocenters. The highest BCUT2D eigenvalue weighted by atomic mass is 19.1. The van der Waals surface area contributed by atoms with Crippen LogP contribution in [-0.4, -0.2) is 71.1 Å². The van der Waals surface area contributed by atoms with E-state index in [1.54, 1.807) is 23.8 Å². The number of piperidine rings is 1. The van der Waals surface area contributed by atoms with Crippen molar-refractivity contribution in [3.8, 4) is 11.5 Å². The van der Waals surface area contributed by atoms with Crippen molar-refractivity contribution in [3.63, 3.8) is 0 Å².